The number of fused-ring (bicyclic) bond motifs is 1. The summed E-state index contributed by atoms with van der Waals surface area (Å²) in [6, 6.07) is 5.19. The van der Waals surface area contributed by atoms with E-state index in [1.165, 1.54) is 12.4 Å². The standard InChI is InChI=1S/C19H19F3N6O/c1-2-6-28-16(26-15-17(28)23-11-24-18(15)29)13-8-25-27(10-13)9-12-4-3-5-14(7-12)19(20,21)22/h3-5,7-8,10-11,16,26H,2,6,9H2,1H3,(H,23,24,29). The van der Waals surface area contributed by atoms with Crippen LogP contribution in [-0.4, -0.2) is 26.3 Å². The number of rotatable bonds is 5. The van der Waals surface area contributed by atoms with Gasteiger partial charge in [0.1, 0.15) is 11.9 Å². The van der Waals surface area contributed by atoms with Crippen molar-refractivity contribution in [1.82, 2.24) is 19.7 Å². The molecule has 1 aliphatic heterocycles. The summed E-state index contributed by atoms with van der Waals surface area (Å²) in [6.45, 7) is 2.91. The minimum atomic E-state index is -4.38. The van der Waals surface area contributed by atoms with Crippen molar-refractivity contribution in [2.24, 2.45) is 0 Å². The Morgan fingerprint density at radius 1 is 1.28 bits per heavy atom. The summed E-state index contributed by atoms with van der Waals surface area (Å²) in [6.07, 6.45) is 0.923. The topological polar surface area (TPSA) is 78.8 Å². The van der Waals surface area contributed by atoms with Crippen LogP contribution in [0.3, 0.4) is 0 Å². The summed E-state index contributed by atoms with van der Waals surface area (Å²) in [5, 5.41) is 7.47. The van der Waals surface area contributed by atoms with Crippen molar-refractivity contribution in [2.45, 2.75) is 32.2 Å². The van der Waals surface area contributed by atoms with Crippen molar-refractivity contribution in [3.8, 4) is 0 Å². The third-order valence-electron chi connectivity index (χ3n) is 4.73. The Morgan fingerprint density at radius 2 is 2.10 bits per heavy atom. The maximum atomic E-state index is 12.9. The Kier molecular flexibility index (Phi) is 4.77. The lowest BCUT2D eigenvalue weighted by molar-refractivity contribution is -0.137. The van der Waals surface area contributed by atoms with Crippen LogP contribution in [0.15, 0.2) is 47.8 Å². The van der Waals surface area contributed by atoms with Crippen molar-refractivity contribution >= 4 is 11.5 Å². The van der Waals surface area contributed by atoms with Crippen LogP contribution >= 0.6 is 0 Å². The number of benzene rings is 1. The number of aromatic amines is 1. The molecule has 2 N–H and O–H groups in total. The van der Waals surface area contributed by atoms with E-state index < -0.39 is 11.7 Å². The van der Waals surface area contributed by atoms with Gasteiger partial charge in [0.2, 0.25) is 0 Å². The van der Waals surface area contributed by atoms with Crippen LogP contribution in [0.25, 0.3) is 0 Å². The van der Waals surface area contributed by atoms with Gasteiger partial charge in [0.05, 0.1) is 24.6 Å². The molecule has 2 aromatic heterocycles. The van der Waals surface area contributed by atoms with Gasteiger partial charge in [0.15, 0.2) is 5.82 Å². The second-order valence-corrected chi connectivity index (χ2v) is 6.84. The van der Waals surface area contributed by atoms with E-state index in [9.17, 15) is 18.0 Å². The van der Waals surface area contributed by atoms with E-state index in [4.69, 9.17) is 0 Å². The second-order valence-electron chi connectivity index (χ2n) is 6.84. The predicted octanol–water partition coefficient (Wildman–Crippen LogP) is 3.37. The second kappa shape index (κ2) is 7.26. The number of hydrogen-bond donors (Lipinski definition) is 2. The van der Waals surface area contributed by atoms with Crippen molar-refractivity contribution in [1.29, 1.82) is 0 Å². The molecule has 0 bridgehead atoms. The van der Waals surface area contributed by atoms with Crippen molar-refractivity contribution in [2.75, 3.05) is 16.8 Å². The molecule has 10 heteroatoms. The summed E-state index contributed by atoms with van der Waals surface area (Å²) < 4.78 is 40.3. The van der Waals surface area contributed by atoms with Gasteiger partial charge < -0.3 is 15.2 Å². The SMILES string of the molecule is CCCN1c2nc[nH]c(=O)c2NC1c1cnn(Cc2cccc(C(F)(F)F)c2)c1. The molecule has 1 aliphatic rings. The van der Waals surface area contributed by atoms with Gasteiger partial charge in [-0.3, -0.25) is 9.48 Å². The normalized spacial score (nSPS) is 16.0. The number of nitrogens with one attached hydrogen (secondary N) is 2. The number of nitrogens with zero attached hydrogens (tertiary/aromatic N) is 4. The highest BCUT2D eigenvalue weighted by atomic mass is 19.4. The molecule has 7 nitrogen and oxygen atoms in total. The van der Waals surface area contributed by atoms with Crippen molar-refractivity contribution < 1.29 is 13.2 Å². The van der Waals surface area contributed by atoms with Gasteiger partial charge in [-0.05, 0) is 24.1 Å². The van der Waals surface area contributed by atoms with Gasteiger partial charge in [-0.15, -0.1) is 0 Å². The van der Waals surface area contributed by atoms with Gasteiger partial charge in [0, 0.05) is 18.3 Å². The van der Waals surface area contributed by atoms with E-state index >= 15 is 0 Å². The van der Waals surface area contributed by atoms with Gasteiger partial charge in [-0.1, -0.05) is 19.1 Å². The molecule has 0 fully saturated rings. The first kappa shape index (κ1) is 19.0. The Balaban J connectivity index is 1.58. The quantitative estimate of drug-likeness (QED) is 0.682. The molecular formula is C19H19F3N6O. The highest BCUT2D eigenvalue weighted by Crippen LogP contribution is 2.37. The molecule has 1 aromatic carbocycles. The highest BCUT2D eigenvalue weighted by Gasteiger charge is 2.33. The van der Waals surface area contributed by atoms with E-state index in [-0.39, 0.29) is 18.3 Å². The fourth-order valence-electron chi connectivity index (χ4n) is 3.45. The average molecular weight is 404 g/mol. The molecule has 1 atom stereocenters. The van der Waals surface area contributed by atoms with Crippen LogP contribution in [0, 0.1) is 0 Å². The van der Waals surface area contributed by atoms with E-state index in [1.807, 2.05) is 11.8 Å². The maximum absolute atomic E-state index is 12.9. The summed E-state index contributed by atoms with van der Waals surface area (Å²) >= 11 is 0. The summed E-state index contributed by atoms with van der Waals surface area (Å²) in [5.41, 5.74) is 0.754. The molecule has 3 aromatic rings. The van der Waals surface area contributed by atoms with Crippen LogP contribution in [0.5, 0.6) is 0 Å². The molecule has 3 heterocycles. The Hall–Kier alpha value is -3.30. The third kappa shape index (κ3) is 3.69. The molecule has 0 spiro atoms. The van der Waals surface area contributed by atoms with Crippen LogP contribution in [0.4, 0.5) is 24.7 Å². The molecule has 0 aliphatic carbocycles. The smallest absolute Gasteiger partial charge is 0.354 e. The lowest BCUT2D eigenvalue weighted by atomic mass is 10.1. The zero-order valence-corrected chi connectivity index (χ0v) is 15.6. The van der Waals surface area contributed by atoms with Gasteiger partial charge in [-0.2, -0.15) is 18.3 Å². The molecule has 152 valence electrons. The van der Waals surface area contributed by atoms with Crippen LogP contribution in [0.1, 0.15) is 36.2 Å². The maximum Gasteiger partial charge on any atom is 0.416 e. The summed E-state index contributed by atoms with van der Waals surface area (Å²) in [5.74, 6) is 0.575. The monoisotopic (exact) mass is 404 g/mol. The van der Waals surface area contributed by atoms with Gasteiger partial charge in [-0.25, -0.2) is 4.98 Å². The molecule has 29 heavy (non-hydrogen) atoms. The third-order valence-corrected chi connectivity index (χ3v) is 4.73. The Bertz CT molecular complexity index is 1070. The van der Waals surface area contributed by atoms with Crippen molar-refractivity contribution in [3.05, 3.63) is 70.0 Å². The number of hydrogen-bond acceptors (Lipinski definition) is 5. The van der Waals surface area contributed by atoms with E-state index in [0.717, 1.165) is 24.1 Å². The largest absolute Gasteiger partial charge is 0.416 e. The minimum absolute atomic E-state index is 0.205. The first-order valence-corrected chi connectivity index (χ1v) is 9.16. The highest BCUT2D eigenvalue weighted by molar-refractivity contribution is 5.71. The minimum Gasteiger partial charge on any atom is -0.354 e. The van der Waals surface area contributed by atoms with Crippen LogP contribution in [0.2, 0.25) is 0 Å². The van der Waals surface area contributed by atoms with E-state index in [0.29, 0.717) is 23.6 Å². The zero-order valence-electron chi connectivity index (χ0n) is 15.6. The average Bonchev–Trinajstić information content (AvgIpc) is 3.27. The van der Waals surface area contributed by atoms with Crippen molar-refractivity contribution in [3.63, 3.8) is 0 Å². The lowest BCUT2D eigenvalue weighted by Crippen LogP contribution is -2.29. The first-order valence-electron chi connectivity index (χ1n) is 9.16. The molecular weight excluding hydrogens is 385 g/mol. The molecule has 1 unspecified atom stereocenters. The summed E-state index contributed by atoms with van der Waals surface area (Å²) in [4.78, 5) is 20.9. The van der Waals surface area contributed by atoms with Crippen LogP contribution in [-0.2, 0) is 12.7 Å². The van der Waals surface area contributed by atoms with E-state index in [1.54, 1.807) is 23.1 Å². The fraction of sp³-hybridized carbons (Fsp3) is 0.316. The number of H-pyrrole nitrogens is 1. The van der Waals surface area contributed by atoms with Gasteiger partial charge in [0.25, 0.3) is 5.56 Å². The number of aromatic nitrogens is 4. The predicted molar refractivity (Wildman–Crippen MR) is 102 cm³/mol. The number of alkyl halides is 3. The fourth-order valence-corrected chi connectivity index (χ4v) is 3.45. The Morgan fingerprint density at radius 3 is 2.86 bits per heavy atom. The van der Waals surface area contributed by atoms with Gasteiger partial charge >= 0.3 is 6.18 Å². The zero-order chi connectivity index (χ0) is 20.6. The molecule has 0 amide bonds. The van der Waals surface area contributed by atoms with Crippen LogP contribution < -0.4 is 15.8 Å². The molecule has 0 saturated heterocycles. The lowest BCUT2D eigenvalue weighted by Gasteiger charge is -2.24. The molecule has 4 rings (SSSR count). The van der Waals surface area contributed by atoms with E-state index in [2.05, 4.69) is 20.4 Å². The summed E-state index contributed by atoms with van der Waals surface area (Å²) in [7, 11) is 0. The number of anilines is 2. The molecule has 0 radical (unpaired) electrons. The Labute approximate surface area is 164 Å². The molecule has 0 saturated carbocycles. The number of halogens is 3. The first-order chi connectivity index (χ1) is 13.9.